The first-order valence-electron chi connectivity index (χ1n) is 9.31. The van der Waals surface area contributed by atoms with Crippen LogP contribution in [0.2, 0.25) is 0 Å². The number of allylic oxidation sites excluding steroid dienone is 1. The van der Waals surface area contributed by atoms with Crippen molar-refractivity contribution in [3.05, 3.63) is 55.1 Å². The first-order chi connectivity index (χ1) is 13.0. The molecule has 1 fully saturated rings. The molecule has 0 amide bonds. The molecule has 1 aromatic carbocycles. The van der Waals surface area contributed by atoms with Crippen molar-refractivity contribution in [2.24, 2.45) is 11.8 Å². The van der Waals surface area contributed by atoms with Crippen molar-refractivity contribution in [2.75, 3.05) is 6.61 Å². The Hall–Kier alpha value is -2.69. The summed E-state index contributed by atoms with van der Waals surface area (Å²) in [5.74, 6) is 0.159. The van der Waals surface area contributed by atoms with Crippen molar-refractivity contribution in [1.29, 1.82) is 0 Å². The fourth-order valence-electron chi connectivity index (χ4n) is 3.30. The van der Waals surface area contributed by atoms with Gasteiger partial charge >= 0.3 is 11.9 Å². The van der Waals surface area contributed by atoms with E-state index in [4.69, 9.17) is 9.47 Å². The minimum Gasteiger partial charge on any atom is -0.463 e. The Morgan fingerprint density at radius 2 is 1.67 bits per heavy atom. The van der Waals surface area contributed by atoms with Gasteiger partial charge in [-0.25, -0.2) is 4.79 Å². The van der Waals surface area contributed by atoms with E-state index in [1.165, 1.54) is 12.2 Å². The molecular weight excluding hydrogens is 344 g/mol. The second kappa shape index (κ2) is 10.5. The molecule has 5 nitrogen and oxygen atoms in total. The van der Waals surface area contributed by atoms with E-state index < -0.39 is 0 Å². The number of ether oxygens (including phenoxy) is 2. The molecular formula is C22H26O5. The molecule has 0 unspecified atom stereocenters. The second-order valence-corrected chi connectivity index (χ2v) is 6.75. The molecule has 5 heteroatoms. The smallest absolute Gasteiger partial charge is 0.330 e. The van der Waals surface area contributed by atoms with E-state index in [1.807, 2.05) is 0 Å². The van der Waals surface area contributed by atoms with Crippen molar-refractivity contribution < 1.29 is 23.9 Å². The molecule has 0 saturated heterocycles. The number of carbonyl (C=O) groups is 3. The number of rotatable bonds is 9. The molecule has 0 atom stereocenters. The van der Waals surface area contributed by atoms with E-state index >= 15 is 0 Å². The molecule has 0 bridgehead atoms. The summed E-state index contributed by atoms with van der Waals surface area (Å²) >= 11 is 0. The van der Waals surface area contributed by atoms with Gasteiger partial charge in [0.15, 0.2) is 5.78 Å². The lowest BCUT2D eigenvalue weighted by molar-refractivity contribution is -0.140. The van der Waals surface area contributed by atoms with Gasteiger partial charge in [0.25, 0.3) is 0 Å². The number of hydrogen-bond acceptors (Lipinski definition) is 5. The summed E-state index contributed by atoms with van der Waals surface area (Å²) in [4.78, 5) is 34.8. The predicted molar refractivity (Wildman–Crippen MR) is 102 cm³/mol. The van der Waals surface area contributed by atoms with E-state index in [2.05, 4.69) is 13.2 Å². The van der Waals surface area contributed by atoms with Gasteiger partial charge in [-0.1, -0.05) is 13.2 Å². The number of carbonyl (C=O) groups excluding carboxylic acids is 3. The van der Waals surface area contributed by atoms with Crippen molar-refractivity contribution in [3.8, 4) is 5.75 Å². The van der Waals surface area contributed by atoms with Gasteiger partial charge in [0.2, 0.25) is 0 Å². The molecule has 0 aliphatic heterocycles. The van der Waals surface area contributed by atoms with Gasteiger partial charge < -0.3 is 9.47 Å². The zero-order valence-electron chi connectivity index (χ0n) is 15.5. The SMILES string of the molecule is C=CC(=O)OCCCC1CCC(C(=O)Oc2ccc(C(=O)C=C)cc2)CC1. The van der Waals surface area contributed by atoms with Crippen LogP contribution in [0.3, 0.4) is 0 Å². The Bertz CT molecular complexity index is 681. The van der Waals surface area contributed by atoms with Gasteiger partial charge in [-0.2, -0.15) is 0 Å². The van der Waals surface area contributed by atoms with Crippen LogP contribution in [-0.2, 0) is 14.3 Å². The average Bonchev–Trinajstić information content (AvgIpc) is 2.71. The first kappa shape index (κ1) is 20.6. The summed E-state index contributed by atoms with van der Waals surface area (Å²) in [7, 11) is 0. The quantitative estimate of drug-likeness (QED) is 0.213. The van der Waals surface area contributed by atoms with Crippen LogP contribution < -0.4 is 4.74 Å². The molecule has 2 rings (SSSR count). The zero-order valence-corrected chi connectivity index (χ0v) is 15.5. The van der Waals surface area contributed by atoms with E-state index in [0.29, 0.717) is 23.8 Å². The lowest BCUT2D eigenvalue weighted by atomic mass is 9.80. The van der Waals surface area contributed by atoms with Gasteiger partial charge in [0.05, 0.1) is 12.5 Å². The molecule has 0 spiro atoms. The van der Waals surface area contributed by atoms with Crippen LogP contribution in [-0.4, -0.2) is 24.3 Å². The molecule has 1 saturated carbocycles. The third-order valence-corrected chi connectivity index (χ3v) is 4.89. The fraction of sp³-hybridized carbons (Fsp3) is 0.409. The Kier molecular flexibility index (Phi) is 7.99. The highest BCUT2D eigenvalue weighted by Gasteiger charge is 2.27. The Morgan fingerprint density at radius 1 is 1.00 bits per heavy atom. The topological polar surface area (TPSA) is 69.7 Å². The van der Waals surface area contributed by atoms with Crippen molar-refractivity contribution >= 4 is 17.7 Å². The van der Waals surface area contributed by atoms with Crippen LogP contribution in [0, 0.1) is 11.8 Å². The maximum atomic E-state index is 12.3. The number of esters is 2. The van der Waals surface area contributed by atoms with Crippen molar-refractivity contribution in [1.82, 2.24) is 0 Å². The summed E-state index contributed by atoms with van der Waals surface area (Å²) in [6.45, 7) is 7.23. The normalized spacial score (nSPS) is 19.0. The van der Waals surface area contributed by atoms with Crippen LogP contribution >= 0.6 is 0 Å². The largest absolute Gasteiger partial charge is 0.463 e. The molecule has 0 heterocycles. The lowest BCUT2D eigenvalue weighted by Gasteiger charge is -2.27. The van der Waals surface area contributed by atoms with Crippen molar-refractivity contribution in [2.45, 2.75) is 38.5 Å². The molecule has 0 N–H and O–H groups in total. The lowest BCUT2D eigenvalue weighted by Crippen LogP contribution is -2.25. The second-order valence-electron chi connectivity index (χ2n) is 6.75. The minimum atomic E-state index is -0.386. The highest BCUT2D eigenvalue weighted by atomic mass is 16.5. The van der Waals surface area contributed by atoms with Gasteiger partial charge in [-0.3, -0.25) is 9.59 Å². The highest BCUT2D eigenvalue weighted by Crippen LogP contribution is 2.32. The van der Waals surface area contributed by atoms with Gasteiger partial charge in [0, 0.05) is 11.6 Å². The number of ketones is 1. The molecule has 1 aliphatic rings. The molecule has 0 radical (unpaired) electrons. The van der Waals surface area contributed by atoms with Gasteiger partial charge in [-0.05, 0) is 74.8 Å². The first-order valence-corrected chi connectivity index (χ1v) is 9.31. The average molecular weight is 370 g/mol. The standard InChI is InChI=1S/C22H26O5/c1-3-20(23)17-11-13-19(14-12-17)27-22(25)18-9-7-16(8-10-18)6-5-15-26-21(24)4-2/h3-4,11-14,16,18H,1-2,5-10,15H2. The van der Waals surface area contributed by atoms with E-state index in [9.17, 15) is 14.4 Å². The van der Waals surface area contributed by atoms with Crippen LogP contribution in [0.15, 0.2) is 49.6 Å². The molecule has 27 heavy (non-hydrogen) atoms. The summed E-state index contributed by atoms with van der Waals surface area (Å²) in [6, 6.07) is 6.51. The molecule has 144 valence electrons. The highest BCUT2D eigenvalue weighted by molar-refractivity contribution is 6.04. The van der Waals surface area contributed by atoms with Gasteiger partial charge in [-0.15, -0.1) is 0 Å². The van der Waals surface area contributed by atoms with Crippen LogP contribution in [0.4, 0.5) is 0 Å². The third-order valence-electron chi connectivity index (χ3n) is 4.89. The van der Waals surface area contributed by atoms with E-state index in [0.717, 1.165) is 38.5 Å². The third kappa shape index (κ3) is 6.51. The number of benzene rings is 1. The van der Waals surface area contributed by atoms with Crippen LogP contribution in [0.1, 0.15) is 48.9 Å². The predicted octanol–water partition coefficient (Wildman–Crippen LogP) is 4.28. The maximum absolute atomic E-state index is 12.3. The van der Waals surface area contributed by atoms with Crippen LogP contribution in [0.5, 0.6) is 5.75 Å². The summed E-state index contributed by atoms with van der Waals surface area (Å²) in [5, 5.41) is 0. The van der Waals surface area contributed by atoms with Crippen LogP contribution in [0.25, 0.3) is 0 Å². The monoisotopic (exact) mass is 370 g/mol. The zero-order chi connectivity index (χ0) is 19.6. The summed E-state index contributed by atoms with van der Waals surface area (Å²) in [5.41, 5.74) is 0.518. The Morgan fingerprint density at radius 3 is 2.26 bits per heavy atom. The Labute approximate surface area is 160 Å². The Balaban J connectivity index is 1.71. The molecule has 1 aromatic rings. The fourth-order valence-corrected chi connectivity index (χ4v) is 3.30. The summed E-state index contributed by atoms with van der Waals surface area (Å²) in [6.07, 6.45) is 7.81. The molecule has 0 aromatic heterocycles. The minimum absolute atomic E-state index is 0.0886. The van der Waals surface area contributed by atoms with E-state index in [-0.39, 0.29) is 23.6 Å². The van der Waals surface area contributed by atoms with E-state index in [1.54, 1.807) is 24.3 Å². The van der Waals surface area contributed by atoms with Crippen molar-refractivity contribution in [3.63, 3.8) is 0 Å². The van der Waals surface area contributed by atoms with Gasteiger partial charge in [0.1, 0.15) is 5.75 Å². The molecule has 1 aliphatic carbocycles. The maximum Gasteiger partial charge on any atom is 0.330 e. The summed E-state index contributed by atoms with van der Waals surface area (Å²) < 4.78 is 10.4. The number of hydrogen-bond donors (Lipinski definition) is 0.